The van der Waals surface area contributed by atoms with Crippen molar-refractivity contribution in [1.82, 2.24) is 10.3 Å². The number of hydrogen-bond donors (Lipinski definition) is 2. The van der Waals surface area contributed by atoms with E-state index in [1.165, 1.54) is 0 Å². The van der Waals surface area contributed by atoms with Crippen molar-refractivity contribution in [1.29, 1.82) is 0 Å². The average molecular weight is 282 g/mol. The number of alkyl halides is 3. The van der Waals surface area contributed by atoms with Gasteiger partial charge in [-0.05, 0) is 19.8 Å². The van der Waals surface area contributed by atoms with Gasteiger partial charge in [-0.1, -0.05) is 0 Å². The van der Waals surface area contributed by atoms with Crippen LogP contribution in [0.4, 0.5) is 13.2 Å². The molecular weight excluding hydrogens is 261 g/mol. The Bertz CT molecular complexity index is 309. The second kappa shape index (κ2) is 6.95. The predicted octanol–water partition coefficient (Wildman–Crippen LogP) is 1.11. The van der Waals surface area contributed by atoms with Crippen LogP contribution < -0.4 is 11.3 Å². The molecule has 3 N–H and O–H groups in total. The molecule has 0 saturated carbocycles. The lowest BCUT2D eigenvalue weighted by Gasteiger charge is -2.35. The standard InChI is InChI=1S/C11H21F3N4O/c1-8(7-19-2)16-10(17-15)18-5-3-4-9(6-18)11(12,13)14/h8-9H,3-7,15H2,1-2H3,(H,16,17). The quantitative estimate of drug-likeness (QED) is 0.352. The smallest absolute Gasteiger partial charge is 0.382 e. The van der Waals surface area contributed by atoms with Crippen LogP contribution in [0.5, 0.6) is 0 Å². The molecule has 0 aromatic heterocycles. The number of piperidine rings is 1. The summed E-state index contributed by atoms with van der Waals surface area (Å²) in [6.07, 6.45) is -3.54. The summed E-state index contributed by atoms with van der Waals surface area (Å²) in [4.78, 5) is 5.79. The SMILES string of the molecule is COCC(C)N=C(NN)N1CCCC(C(F)(F)F)C1. The van der Waals surface area contributed by atoms with Gasteiger partial charge in [-0.2, -0.15) is 13.2 Å². The van der Waals surface area contributed by atoms with Gasteiger partial charge in [0.15, 0.2) is 0 Å². The van der Waals surface area contributed by atoms with Gasteiger partial charge in [-0.3, -0.25) is 5.43 Å². The fourth-order valence-corrected chi connectivity index (χ4v) is 2.13. The zero-order chi connectivity index (χ0) is 14.5. The summed E-state index contributed by atoms with van der Waals surface area (Å²) in [7, 11) is 1.54. The van der Waals surface area contributed by atoms with Crippen molar-refractivity contribution in [3.8, 4) is 0 Å². The Labute approximate surface area is 111 Å². The molecule has 112 valence electrons. The van der Waals surface area contributed by atoms with E-state index in [2.05, 4.69) is 10.4 Å². The molecule has 8 heteroatoms. The second-order valence-corrected chi connectivity index (χ2v) is 4.73. The molecule has 1 saturated heterocycles. The first-order valence-corrected chi connectivity index (χ1v) is 6.23. The predicted molar refractivity (Wildman–Crippen MR) is 66.4 cm³/mol. The number of nitrogens with two attached hydrogens (primary N) is 1. The monoisotopic (exact) mass is 282 g/mol. The van der Waals surface area contributed by atoms with Gasteiger partial charge in [0.05, 0.1) is 18.6 Å². The van der Waals surface area contributed by atoms with Crippen molar-refractivity contribution in [3.05, 3.63) is 0 Å². The number of rotatable bonds is 3. The highest BCUT2D eigenvalue weighted by atomic mass is 19.4. The van der Waals surface area contributed by atoms with E-state index in [9.17, 15) is 13.2 Å². The Kier molecular flexibility index (Phi) is 5.86. The lowest BCUT2D eigenvalue weighted by atomic mass is 9.98. The van der Waals surface area contributed by atoms with Gasteiger partial charge in [0, 0.05) is 20.2 Å². The molecule has 0 aromatic rings. The van der Waals surface area contributed by atoms with Crippen molar-refractivity contribution in [2.75, 3.05) is 26.8 Å². The van der Waals surface area contributed by atoms with Crippen molar-refractivity contribution in [2.45, 2.75) is 32.0 Å². The van der Waals surface area contributed by atoms with Crippen LogP contribution in [-0.4, -0.2) is 49.9 Å². The molecule has 0 aromatic carbocycles. The van der Waals surface area contributed by atoms with E-state index in [1.807, 2.05) is 6.92 Å². The third-order valence-electron chi connectivity index (χ3n) is 3.06. The topological polar surface area (TPSA) is 62.9 Å². The maximum absolute atomic E-state index is 12.7. The van der Waals surface area contributed by atoms with Crippen LogP contribution in [0.2, 0.25) is 0 Å². The van der Waals surface area contributed by atoms with Gasteiger partial charge in [0.1, 0.15) is 0 Å². The van der Waals surface area contributed by atoms with E-state index >= 15 is 0 Å². The van der Waals surface area contributed by atoms with Crippen LogP contribution in [0.1, 0.15) is 19.8 Å². The molecule has 2 atom stereocenters. The van der Waals surface area contributed by atoms with Crippen LogP contribution in [-0.2, 0) is 4.74 Å². The number of hydrazine groups is 1. The fraction of sp³-hybridized carbons (Fsp3) is 0.909. The largest absolute Gasteiger partial charge is 0.393 e. The minimum atomic E-state index is -4.17. The number of nitrogens with one attached hydrogen (secondary N) is 1. The Hall–Kier alpha value is -1.02. The number of guanidine groups is 1. The van der Waals surface area contributed by atoms with Crippen LogP contribution in [0.3, 0.4) is 0 Å². The van der Waals surface area contributed by atoms with E-state index in [-0.39, 0.29) is 19.0 Å². The number of likely N-dealkylation sites (tertiary alicyclic amines) is 1. The first-order chi connectivity index (χ1) is 8.88. The van der Waals surface area contributed by atoms with Gasteiger partial charge < -0.3 is 9.64 Å². The highest BCUT2D eigenvalue weighted by molar-refractivity contribution is 5.79. The zero-order valence-corrected chi connectivity index (χ0v) is 11.2. The van der Waals surface area contributed by atoms with E-state index < -0.39 is 12.1 Å². The van der Waals surface area contributed by atoms with Crippen LogP contribution in [0.15, 0.2) is 4.99 Å². The minimum absolute atomic E-state index is 0.105. The Morgan fingerprint density at radius 1 is 1.58 bits per heavy atom. The van der Waals surface area contributed by atoms with E-state index in [4.69, 9.17) is 10.6 Å². The molecule has 0 aliphatic carbocycles. The normalized spacial score (nSPS) is 23.4. The summed E-state index contributed by atoms with van der Waals surface area (Å²) < 4.78 is 43.1. The minimum Gasteiger partial charge on any atom is -0.382 e. The summed E-state index contributed by atoms with van der Waals surface area (Å²) in [6.45, 7) is 2.62. The van der Waals surface area contributed by atoms with E-state index in [1.54, 1.807) is 12.0 Å². The number of ether oxygens (including phenoxy) is 1. The lowest BCUT2D eigenvalue weighted by molar-refractivity contribution is -0.183. The Morgan fingerprint density at radius 2 is 2.26 bits per heavy atom. The van der Waals surface area contributed by atoms with Crippen LogP contribution in [0, 0.1) is 5.92 Å². The van der Waals surface area contributed by atoms with Gasteiger partial charge in [-0.25, -0.2) is 10.8 Å². The maximum atomic E-state index is 12.7. The maximum Gasteiger partial charge on any atom is 0.393 e. The van der Waals surface area contributed by atoms with Gasteiger partial charge in [0.25, 0.3) is 0 Å². The molecule has 1 heterocycles. The van der Waals surface area contributed by atoms with Crippen molar-refractivity contribution in [2.24, 2.45) is 16.8 Å². The average Bonchev–Trinajstić information content (AvgIpc) is 2.35. The molecule has 19 heavy (non-hydrogen) atoms. The van der Waals surface area contributed by atoms with E-state index in [0.29, 0.717) is 25.5 Å². The Balaban J connectivity index is 2.70. The molecule has 5 nitrogen and oxygen atoms in total. The molecule has 1 fully saturated rings. The third kappa shape index (κ3) is 4.87. The van der Waals surface area contributed by atoms with Crippen molar-refractivity contribution >= 4 is 5.96 Å². The fourth-order valence-electron chi connectivity index (χ4n) is 2.13. The zero-order valence-electron chi connectivity index (χ0n) is 11.2. The van der Waals surface area contributed by atoms with Gasteiger partial charge >= 0.3 is 6.18 Å². The number of nitrogens with zero attached hydrogens (tertiary/aromatic N) is 2. The summed E-state index contributed by atoms with van der Waals surface area (Å²) in [5.74, 6) is 4.33. The molecule has 1 aliphatic rings. The summed E-state index contributed by atoms with van der Waals surface area (Å²) in [6, 6.07) is -0.165. The molecule has 2 unspecified atom stereocenters. The molecule has 0 bridgehead atoms. The number of halogens is 3. The lowest BCUT2D eigenvalue weighted by Crippen LogP contribution is -2.51. The molecular formula is C11H21F3N4O. The number of methoxy groups -OCH3 is 1. The first kappa shape index (κ1) is 16.0. The van der Waals surface area contributed by atoms with Gasteiger partial charge in [-0.15, -0.1) is 0 Å². The molecule has 0 spiro atoms. The summed E-state index contributed by atoms with van der Waals surface area (Å²) in [5, 5.41) is 0. The summed E-state index contributed by atoms with van der Waals surface area (Å²) >= 11 is 0. The number of aliphatic imine (C=N–C) groups is 1. The van der Waals surface area contributed by atoms with E-state index in [0.717, 1.165) is 0 Å². The first-order valence-electron chi connectivity index (χ1n) is 6.23. The molecule has 0 amide bonds. The van der Waals surface area contributed by atoms with Crippen molar-refractivity contribution < 1.29 is 17.9 Å². The second-order valence-electron chi connectivity index (χ2n) is 4.73. The van der Waals surface area contributed by atoms with Crippen molar-refractivity contribution in [3.63, 3.8) is 0 Å². The number of hydrogen-bond acceptors (Lipinski definition) is 3. The highest BCUT2D eigenvalue weighted by Gasteiger charge is 2.42. The van der Waals surface area contributed by atoms with Crippen LogP contribution in [0.25, 0.3) is 0 Å². The molecule has 1 rings (SSSR count). The third-order valence-corrected chi connectivity index (χ3v) is 3.06. The Morgan fingerprint density at radius 3 is 2.79 bits per heavy atom. The summed E-state index contributed by atoms with van der Waals surface area (Å²) in [5.41, 5.74) is 2.39. The highest BCUT2D eigenvalue weighted by Crippen LogP contribution is 2.33. The van der Waals surface area contributed by atoms with Crippen LogP contribution >= 0.6 is 0 Å². The molecule has 1 aliphatic heterocycles. The molecule has 0 radical (unpaired) electrons. The van der Waals surface area contributed by atoms with Gasteiger partial charge in [0.2, 0.25) is 5.96 Å².